The van der Waals surface area contributed by atoms with Crippen LogP contribution in [0.2, 0.25) is 0 Å². The minimum Gasteiger partial charge on any atom is -0.291 e. The summed E-state index contributed by atoms with van der Waals surface area (Å²) in [6, 6.07) is 19.7. The van der Waals surface area contributed by atoms with Gasteiger partial charge in [0.05, 0.1) is 28.5 Å². The van der Waals surface area contributed by atoms with E-state index in [0.29, 0.717) is 17.2 Å². The van der Waals surface area contributed by atoms with Gasteiger partial charge in [0.25, 0.3) is 5.91 Å². The van der Waals surface area contributed by atoms with E-state index in [4.69, 9.17) is 0 Å². The second-order valence-electron chi connectivity index (χ2n) is 7.77. The van der Waals surface area contributed by atoms with Crippen molar-refractivity contribution in [1.29, 1.82) is 0 Å². The molecule has 0 bridgehead atoms. The largest absolute Gasteiger partial charge is 0.291 e. The molecule has 0 aliphatic heterocycles. The number of para-hydroxylation sites is 3. The van der Waals surface area contributed by atoms with Crippen molar-refractivity contribution in [1.82, 2.24) is 24.3 Å². The highest BCUT2D eigenvalue weighted by molar-refractivity contribution is 6.06. The Morgan fingerprint density at radius 2 is 1.74 bits per heavy atom. The zero-order chi connectivity index (χ0) is 21.5. The quantitative estimate of drug-likeness (QED) is 0.457. The molecule has 0 unspecified atom stereocenters. The lowest BCUT2D eigenvalue weighted by Crippen LogP contribution is -2.17. The Morgan fingerprint density at radius 1 is 1.00 bits per heavy atom. The molecule has 31 heavy (non-hydrogen) atoms. The number of amides is 1. The number of pyridine rings is 1. The van der Waals surface area contributed by atoms with E-state index in [1.54, 1.807) is 6.20 Å². The number of rotatable bonds is 4. The number of nitrogens with zero attached hydrogens (tertiary/aromatic N) is 5. The van der Waals surface area contributed by atoms with Gasteiger partial charge in [-0.15, -0.1) is 0 Å². The molecule has 1 amide bonds. The average Bonchev–Trinajstić information content (AvgIpc) is 3.34. The molecule has 3 aromatic heterocycles. The number of aryl methyl sites for hydroxylation is 1. The Hall–Kier alpha value is -4.00. The Morgan fingerprint density at radius 3 is 2.52 bits per heavy atom. The molecule has 7 nitrogen and oxygen atoms in total. The van der Waals surface area contributed by atoms with E-state index in [-0.39, 0.29) is 11.9 Å². The van der Waals surface area contributed by atoms with Gasteiger partial charge in [0.15, 0.2) is 5.65 Å². The standard InChI is InChI=1S/C24H22N6O/c1-15(2)30-22-17(14-25-30)13-19(16(3)26-22)23(31)28-24-27-20-11-7-8-12-21(20)29(24)18-9-5-4-6-10-18/h4-15H,1-3H3,(H,27,28,31). The summed E-state index contributed by atoms with van der Waals surface area (Å²) in [7, 11) is 0. The monoisotopic (exact) mass is 410 g/mol. The van der Waals surface area contributed by atoms with Crippen molar-refractivity contribution in [3.63, 3.8) is 0 Å². The van der Waals surface area contributed by atoms with Crippen LogP contribution in [0.4, 0.5) is 5.95 Å². The molecule has 5 aromatic rings. The van der Waals surface area contributed by atoms with Crippen LogP contribution in [-0.4, -0.2) is 30.2 Å². The van der Waals surface area contributed by atoms with Crippen LogP contribution in [0.15, 0.2) is 66.9 Å². The summed E-state index contributed by atoms with van der Waals surface area (Å²) < 4.78 is 3.81. The summed E-state index contributed by atoms with van der Waals surface area (Å²) in [5.74, 6) is 0.214. The van der Waals surface area contributed by atoms with Crippen molar-refractivity contribution in [3.05, 3.63) is 78.1 Å². The predicted octanol–water partition coefficient (Wildman–Crippen LogP) is 4.91. The third-order valence-corrected chi connectivity index (χ3v) is 5.29. The molecule has 0 spiro atoms. The molecule has 0 aliphatic rings. The minimum atomic E-state index is -0.253. The van der Waals surface area contributed by atoms with E-state index in [1.807, 2.05) is 76.8 Å². The number of fused-ring (bicyclic) bond motifs is 2. The van der Waals surface area contributed by atoms with Crippen molar-refractivity contribution < 1.29 is 4.79 Å². The predicted molar refractivity (Wildman–Crippen MR) is 122 cm³/mol. The Kier molecular flexibility index (Phi) is 4.51. The van der Waals surface area contributed by atoms with E-state index >= 15 is 0 Å². The molecule has 3 heterocycles. The zero-order valence-corrected chi connectivity index (χ0v) is 17.6. The molecule has 0 saturated heterocycles. The summed E-state index contributed by atoms with van der Waals surface area (Å²) in [5.41, 5.74) is 4.59. The van der Waals surface area contributed by atoms with Gasteiger partial charge < -0.3 is 0 Å². The number of benzene rings is 2. The number of aromatic nitrogens is 5. The summed E-state index contributed by atoms with van der Waals surface area (Å²) in [6.45, 7) is 5.95. The maximum Gasteiger partial charge on any atom is 0.259 e. The van der Waals surface area contributed by atoms with E-state index in [1.165, 1.54) is 0 Å². The van der Waals surface area contributed by atoms with Gasteiger partial charge in [-0.1, -0.05) is 30.3 Å². The van der Waals surface area contributed by atoms with Crippen molar-refractivity contribution in [2.75, 3.05) is 5.32 Å². The normalized spacial score (nSPS) is 11.5. The van der Waals surface area contributed by atoms with Crippen molar-refractivity contribution >= 4 is 33.9 Å². The Labute approximate surface area is 179 Å². The van der Waals surface area contributed by atoms with Gasteiger partial charge >= 0.3 is 0 Å². The van der Waals surface area contributed by atoms with E-state index < -0.39 is 0 Å². The summed E-state index contributed by atoms with van der Waals surface area (Å²) >= 11 is 0. The number of carbonyl (C=O) groups is 1. The van der Waals surface area contributed by atoms with Crippen LogP contribution in [0.25, 0.3) is 27.8 Å². The van der Waals surface area contributed by atoms with Gasteiger partial charge in [-0.3, -0.25) is 14.7 Å². The fraction of sp³-hybridized carbons (Fsp3) is 0.167. The first-order chi connectivity index (χ1) is 15.0. The molecule has 0 fully saturated rings. The second-order valence-corrected chi connectivity index (χ2v) is 7.77. The molecule has 1 N–H and O–H groups in total. The van der Waals surface area contributed by atoms with Crippen molar-refractivity contribution in [2.45, 2.75) is 26.8 Å². The smallest absolute Gasteiger partial charge is 0.259 e. The highest BCUT2D eigenvalue weighted by Crippen LogP contribution is 2.26. The maximum atomic E-state index is 13.2. The molecular formula is C24H22N6O. The first-order valence-electron chi connectivity index (χ1n) is 10.2. The highest BCUT2D eigenvalue weighted by Gasteiger charge is 2.19. The van der Waals surface area contributed by atoms with Crippen LogP contribution >= 0.6 is 0 Å². The van der Waals surface area contributed by atoms with Crippen molar-refractivity contribution in [2.24, 2.45) is 0 Å². The van der Waals surface area contributed by atoms with E-state index in [0.717, 1.165) is 27.8 Å². The second kappa shape index (κ2) is 7.36. The number of hydrogen-bond acceptors (Lipinski definition) is 4. The molecule has 0 atom stereocenters. The first-order valence-corrected chi connectivity index (χ1v) is 10.2. The molecular weight excluding hydrogens is 388 g/mol. The summed E-state index contributed by atoms with van der Waals surface area (Å²) in [6.07, 6.45) is 1.75. The fourth-order valence-corrected chi connectivity index (χ4v) is 3.79. The summed E-state index contributed by atoms with van der Waals surface area (Å²) in [5, 5.41) is 8.24. The van der Waals surface area contributed by atoms with E-state index in [2.05, 4.69) is 34.2 Å². The van der Waals surface area contributed by atoms with Crippen LogP contribution in [-0.2, 0) is 0 Å². The third kappa shape index (κ3) is 3.24. The number of hydrogen-bond donors (Lipinski definition) is 1. The van der Waals surface area contributed by atoms with Gasteiger partial charge in [-0.25, -0.2) is 14.6 Å². The van der Waals surface area contributed by atoms with Gasteiger partial charge in [-0.05, 0) is 51.1 Å². The SMILES string of the molecule is Cc1nc2c(cnn2C(C)C)cc1C(=O)Nc1nc2ccccc2n1-c1ccccc1. The lowest BCUT2D eigenvalue weighted by molar-refractivity contribution is 0.102. The average molecular weight is 410 g/mol. The fourth-order valence-electron chi connectivity index (χ4n) is 3.79. The van der Waals surface area contributed by atoms with Gasteiger partial charge in [0, 0.05) is 17.1 Å². The lowest BCUT2D eigenvalue weighted by atomic mass is 10.1. The van der Waals surface area contributed by atoms with E-state index in [9.17, 15) is 4.79 Å². The molecule has 0 saturated carbocycles. The number of nitrogens with one attached hydrogen (secondary N) is 1. The molecule has 2 aromatic carbocycles. The third-order valence-electron chi connectivity index (χ3n) is 5.29. The molecule has 7 heteroatoms. The van der Waals surface area contributed by atoms with Crippen LogP contribution < -0.4 is 5.32 Å². The van der Waals surface area contributed by atoms with Crippen LogP contribution in [0, 0.1) is 6.92 Å². The topological polar surface area (TPSA) is 77.6 Å². The van der Waals surface area contributed by atoms with Gasteiger partial charge in [0.2, 0.25) is 5.95 Å². The molecule has 154 valence electrons. The lowest BCUT2D eigenvalue weighted by Gasteiger charge is -2.12. The summed E-state index contributed by atoms with van der Waals surface area (Å²) in [4.78, 5) is 22.6. The zero-order valence-electron chi connectivity index (χ0n) is 17.6. The number of imidazole rings is 1. The van der Waals surface area contributed by atoms with Crippen molar-refractivity contribution in [3.8, 4) is 5.69 Å². The molecule has 0 radical (unpaired) electrons. The van der Waals surface area contributed by atoms with Gasteiger partial charge in [-0.2, -0.15) is 5.10 Å². The van der Waals surface area contributed by atoms with Gasteiger partial charge in [0.1, 0.15) is 0 Å². The van der Waals surface area contributed by atoms with Crippen LogP contribution in [0.1, 0.15) is 35.9 Å². The highest BCUT2D eigenvalue weighted by atomic mass is 16.1. The molecule has 0 aliphatic carbocycles. The maximum absolute atomic E-state index is 13.2. The number of carbonyl (C=O) groups excluding carboxylic acids is 1. The number of anilines is 1. The minimum absolute atomic E-state index is 0.190. The molecule has 5 rings (SSSR count). The first kappa shape index (κ1) is 19.0. The Bertz CT molecular complexity index is 1410. The van der Waals surface area contributed by atoms with Crippen LogP contribution in [0.3, 0.4) is 0 Å². The Balaban J connectivity index is 1.58. The van der Waals surface area contributed by atoms with Crippen LogP contribution in [0.5, 0.6) is 0 Å².